The fourth-order valence-electron chi connectivity index (χ4n) is 3.70. The van der Waals surface area contributed by atoms with Crippen molar-refractivity contribution < 1.29 is 9.59 Å². The third kappa shape index (κ3) is 3.77. The molecule has 0 spiro atoms. The minimum absolute atomic E-state index is 0.0644. The van der Waals surface area contributed by atoms with E-state index in [1.54, 1.807) is 18.9 Å². The summed E-state index contributed by atoms with van der Waals surface area (Å²) in [5.41, 5.74) is 0. The summed E-state index contributed by atoms with van der Waals surface area (Å²) in [7, 11) is 1.75. The first-order chi connectivity index (χ1) is 10.5. The predicted octanol–water partition coefficient (Wildman–Crippen LogP) is 0.834. The summed E-state index contributed by atoms with van der Waals surface area (Å²) in [5.74, 6) is 0.210. The first-order valence-electron chi connectivity index (χ1n) is 8.16. The molecule has 2 amide bonds. The van der Waals surface area contributed by atoms with Gasteiger partial charge in [0.05, 0.1) is 19.0 Å². The Morgan fingerprint density at radius 1 is 1.23 bits per heavy atom. The van der Waals surface area contributed by atoms with Crippen LogP contribution in [0.4, 0.5) is 0 Å². The Kier molecular flexibility index (Phi) is 5.78. The number of amides is 2. The van der Waals surface area contributed by atoms with E-state index in [2.05, 4.69) is 11.0 Å². The maximum absolute atomic E-state index is 12.3. The van der Waals surface area contributed by atoms with Gasteiger partial charge in [-0.1, -0.05) is 0 Å². The monoisotopic (exact) mass is 306 g/mol. The van der Waals surface area contributed by atoms with Gasteiger partial charge < -0.3 is 9.80 Å². The molecule has 6 nitrogen and oxygen atoms in total. The SMILES string of the molecule is CC(=O)N1CCC[C@@H]1[C@H]1CCCN1CC(=O)N(C)CCC#N. The van der Waals surface area contributed by atoms with Gasteiger partial charge in [0.25, 0.3) is 0 Å². The largest absolute Gasteiger partial charge is 0.344 e. The lowest BCUT2D eigenvalue weighted by atomic mass is 10.0. The first kappa shape index (κ1) is 16.8. The van der Waals surface area contributed by atoms with Gasteiger partial charge in [-0.15, -0.1) is 0 Å². The van der Waals surface area contributed by atoms with Crippen LogP contribution in [0.2, 0.25) is 0 Å². The molecule has 0 radical (unpaired) electrons. The number of rotatable bonds is 5. The average Bonchev–Trinajstić information content (AvgIpc) is 3.12. The molecule has 2 atom stereocenters. The molecule has 2 heterocycles. The van der Waals surface area contributed by atoms with Gasteiger partial charge in [-0.25, -0.2) is 0 Å². The molecule has 0 aliphatic carbocycles. The Balaban J connectivity index is 1.94. The Bertz CT molecular complexity index is 460. The quantitative estimate of drug-likeness (QED) is 0.754. The van der Waals surface area contributed by atoms with Crippen molar-refractivity contribution in [3.63, 3.8) is 0 Å². The molecule has 2 rings (SSSR count). The van der Waals surface area contributed by atoms with E-state index in [9.17, 15) is 9.59 Å². The molecule has 2 saturated heterocycles. The molecule has 0 bridgehead atoms. The number of hydrogen-bond acceptors (Lipinski definition) is 4. The standard InChI is InChI=1S/C16H26N4O2/c1-13(21)20-11-4-7-15(20)14-6-3-10-19(14)12-16(22)18(2)9-5-8-17/h14-15H,3-7,9-12H2,1-2H3/t14-,15-/m1/s1. The minimum atomic E-state index is 0.0644. The molecule has 0 aromatic heterocycles. The smallest absolute Gasteiger partial charge is 0.236 e. The average molecular weight is 306 g/mol. The van der Waals surface area contributed by atoms with Crippen molar-refractivity contribution in [2.24, 2.45) is 0 Å². The summed E-state index contributed by atoms with van der Waals surface area (Å²) >= 11 is 0. The Morgan fingerprint density at radius 2 is 1.91 bits per heavy atom. The molecule has 0 unspecified atom stereocenters. The second-order valence-corrected chi connectivity index (χ2v) is 6.33. The van der Waals surface area contributed by atoms with Gasteiger partial charge in [-0.05, 0) is 32.2 Å². The summed E-state index contributed by atoms with van der Waals surface area (Å²) in [6.45, 7) is 4.29. The summed E-state index contributed by atoms with van der Waals surface area (Å²) in [6.07, 6.45) is 4.61. The number of nitrogens with zero attached hydrogens (tertiary/aromatic N) is 4. The zero-order chi connectivity index (χ0) is 16.1. The van der Waals surface area contributed by atoms with Crippen molar-refractivity contribution in [1.29, 1.82) is 5.26 Å². The fraction of sp³-hybridized carbons (Fsp3) is 0.812. The summed E-state index contributed by atoms with van der Waals surface area (Å²) < 4.78 is 0. The van der Waals surface area contributed by atoms with Crippen LogP contribution < -0.4 is 0 Å². The van der Waals surface area contributed by atoms with Crippen LogP contribution in [0.5, 0.6) is 0 Å². The van der Waals surface area contributed by atoms with Crippen LogP contribution in [-0.2, 0) is 9.59 Å². The van der Waals surface area contributed by atoms with Gasteiger partial charge in [-0.2, -0.15) is 5.26 Å². The summed E-state index contributed by atoms with van der Waals surface area (Å²) in [6, 6.07) is 2.63. The molecule has 2 fully saturated rings. The Hall–Kier alpha value is -1.61. The fourth-order valence-corrected chi connectivity index (χ4v) is 3.70. The number of likely N-dealkylation sites (N-methyl/N-ethyl adjacent to an activating group) is 1. The van der Waals surface area contributed by atoms with E-state index in [-0.39, 0.29) is 17.9 Å². The molecule has 122 valence electrons. The van der Waals surface area contributed by atoms with Crippen LogP contribution in [-0.4, -0.2) is 71.8 Å². The van der Waals surface area contributed by atoms with Crippen molar-refractivity contribution in [3.05, 3.63) is 0 Å². The number of likely N-dealkylation sites (tertiary alicyclic amines) is 2. The lowest BCUT2D eigenvalue weighted by molar-refractivity contribution is -0.132. The normalized spacial score (nSPS) is 25.2. The van der Waals surface area contributed by atoms with Gasteiger partial charge >= 0.3 is 0 Å². The van der Waals surface area contributed by atoms with Crippen molar-refractivity contribution in [1.82, 2.24) is 14.7 Å². The highest BCUT2D eigenvalue weighted by Gasteiger charge is 2.39. The minimum Gasteiger partial charge on any atom is -0.344 e. The van der Waals surface area contributed by atoms with Gasteiger partial charge in [0.2, 0.25) is 11.8 Å². The zero-order valence-corrected chi connectivity index (χ0v) is 13.6. The highest BCUT2D eigenvalue weighted by Crippen LogP contribution is 2.29. The molecule has 6 heteroatoms. The van der Waals surface area contributed by atoms with Crippen molar-refractivity contribution >= 4 is 11.8 Å². The highest BCUT2D eigenvalue weighted by atomic mass is 16.2. The highest BCUT2D eigenvalue weighted by molar-refractivity contribution is 5.78. The maximum atomic E-state index is 12.3. The van der Waals surface area contributed by atoms with Gasteiger partial charge in [0, 0.05) is 39.1 Å². The molecule has 0 aromatic rings. The molecule has 2 aliphatic rings. The Morgan fingerprint density at radius 3 is 2.59 bits per heavy atom. The number of carbonyl (C=O) groups is 2. The van der Waals surface area contributed by atoms with Gasteiger partial charge in [0.1, 0.15) is 0 Å². The topological polar surface area (TPSA) is 67.7 Å². The molecule has 0 saturated carbocycles. The zero-order valence-electron chi connectivity index (χ0n) is 13.6. The molecular formula is C16H26N4O2. The Labute approximate surface area is 132 Å². The van der Waals surface area contributed by atoms with E-state index < -0.39 is 0 Å². The molecule has 0 aromatic carbocycles. The van der Waals surface area contributed by atoms with Crippen molar-refractivity contribution in [3.8, 4) is 6.07 Å². The van der Waals surface area contributed by atoms with E-state index in [0.717, 1.165) is 38.8 Å². The van der Waals surface area contributed by atoms with E-state index in [1.807, 2.05) is 4.90 Å². The van der Waals surface area contributed by atoms with Crippen LogP contribution in [0.25, 0.3) is 0 Å². The maximum Gasteiger partial charge on any atom is 0.236 e. The van der Waals surface area contributed by atoms with Crippen LogP contribution in [0.15, 0.2) is 0 Å². The third-order valence-corrected chi connectivity index (χ3v) is 4.89. The van der Waals surface area contributed by atoms with Crippen molar-refractivity contribution in [2.75, 3.05) is 33.2 Å². The molecular weight excluding hydrogens is 280 g/mol. The summed E-state index contributed by atoms with van der Waals surface area (Å²) in [4.78, 5) is 29.9. The van der Waals surface area contributed by atoms with Crippen molar-refractivity contribution in [2.45, 2.75) is 51.1 Å². The first-order valence-corrected chi connectivity index (χ1v) is 8.16. The lowest BCUT2D eigenvalue weighted by Gasteiger charge is -2.34. The molecule has 0 N–H and O–H groups in total. The molecule has 2 aliphatic heterocycles. The number of carbonyl (C=O) groups excluding carboxylic acids is 2. The van der Waals surface area contributed by atoms with Gasteiger partial charge in [0.15, 0.2) is 0 Å². The van der Waals surface area contributed by atoms with Crippen LogP contribution in [0.3, 0.4) is 0 Å². The van der Waals surface area contributed by atoms with Crippen LogP contribution in [0.1, 0.15) is 39.0 Å². The van der Waals surface area contributed by atoms with E-state index >= 15 is 0 Å². The number of nitriles is 1. The third-order valence-electron chi connectivity index (χ3n) is 4.89. The predicted molar refractivity (Wildman–Crippen MR) is 82.9 cm³/mol. The second kappa shape index (κ2) is 7.59. The summed E-state index contributed by atoms with van der Waals surface area (Å²) in [5, 5.41) is 8.61. The van der Waals surface area contributed by atoms with Gasteiger partial charge in [-0.3, -0.25) is 14.5 Å². The van der Waals surface area contributed by atoms with Crippen LogP contribution >= 0.6 is 0 Å². The van der Waals surface area contributed by atoms with E-state index in [4.69, 9.17) is 5.26 Å². The van der Waals surface area contributed by atoms with E-state index in [0.29, 0.717) is 25.6 Å². The second-order valence-electron chi connectivity index (χ2n) is 6.33. The molecule has 22 heavy (non-hydrogen) atoms. The number of hydrogen-bond donors (Lipinski definition) is 0. The lowest BCUT2D eigenvalue weighted by Crippen LogP contribution is -2.50. The van der Waals surface area contributed by atoms with E-state index in [1.165, 1.54) is 0 Å². The van der Waals surface area contributed by atoms with Crippen LogP contribution in [0, 0.1) is 11.3 Å².